The first-order valence-corrected chi connectivity index (χ1v) is 7.95. The third kappa shape index (κ3) is 3.97. The average molecular weight is 358 g/mol. The molecule has 0 aliphatic rings. The van der Waals surface area contributed by atoms with E-state index in [4.69, 9.17) is 20.8 Å². The average Bonchev–Trinajstić information content (AvgIpc) is 2.96. The number of carbonyl (C=O) groups is 1. The maximum Gasteiger partial charge on any atom is 0.230 e. The number of ether oxygens (including phenoxy) is 1. The summed E-state index contributed by atoms with van der Waals surface area (Å²) < 4.78 is 10.6. The molecule has 2 heterocycles. The van der Waals surface area contributed by atoms with Crippen LogP contribution < -0.4 is 10.1 Å². The van der Waals surface area contributed by atoms with E-state index < -0.39 is 0 Å². The summed E-state index contributed by atoms with van der Waals surface area (Å²) in [4.78, 5) is 20.7. The normalized spacial score (nSPS) is 10.5. The van der Waals surface area contributed by atoms with Gasteiger partial charge in [0.2, 0.25) is 17.7 Å². The first kappa shape index (κ1) is 17.0. The topological polar surface area (TPSA) is 77.2 Å². The van der Waals surface area contributed by atoms with Crippen LogP contribution in [-0.2, 0) is 11.2 Å². The molecule has 0 unspecified atom stereocenters. The Labute approximate surface area is 149 Å². The second kappa shape index (κ2) is 7.36. The van der Waals surface area contributed by atoms with Gasteiger partial charge in [-0.2, -0.15) is 0 Å². The van der Waals surface area contributed by atoms with Gasteiger partial charge < -0.3 is 14.5 Å². The number of benzene rings is 1. The molecule has 3 aromatic rings. The van der Waals surface area contributed by atoms with Crippen LogP contribution in [0.25, 0.3) is 11.5 Å². The predicted octanol–water partition coefficient (Wildman–Crippen LogP) is 3.89. The van der Waals surface area contributed by atoms with E-state index >= 15 is 0 Å². The largest absolute Gasteiger partial charge is 0.481 e. The molecule has 3 rings (SSSR count). The van der Waals surface area contributed by atoms with Gasteiger partial charge in [-0.25, -0.2) is 9.97 Å². The lowest BCUT2D eigenvalue weighted by molar-refractivity contribution is -0.115. The number of methoxy groups -OCH3 is 1. The number of hydrogen-bond donors (Lipinski definition) is 1. The third-order valence-corrected chi connectivity index (χ3v) is 3.88. The van der Waals surface area contributed by atoms with Crippen LogP contribution in [-0.4, -0.2) is 23.0 Å². The minimum Gasteiger partial charge on any atom is -0.481 e. The standard InChI is InChI=1S/C18H16ClN3O3/c1-11-15(22-18(25-11)13-5-3-4-6-14(13)19)9-16(23)21-12-7-8-17(24-2)20-10-12/h3-8,10H,9H2,1-2H3,(H,21,23). The summed E-state index contributed by atoms with van der Waals surface area (Å²) in [5.74, 6) is 1.25. The van der Waals surface area contributed by atoms with Crippen LogP contribution in [0.3, 0.4) is 0 Å². The Balaban J connectivity index is 1.72. The van der Waals surface area contributed by atoms with Crippen LogP contribution in [0.5, 0.6) is 5.88 Å². The molecule has 0 spiro atoms. The lowest BCUT2D eigenvalue weighted by atomic mass is 10.2. The Hall–Kier alpha value is -2.86. The first-order chi connectivity index (χ1) is 12.1. The van der Waals surface area contributed by atoms with Crippen LogP contribution in [0, 0.1) is 6.92 Å². The summed E-state index contributed by atoms with van der Waals surface area (Å²) in [5.41, 5.74) is 1.84. The molecular formula is C18H16ClN3O3. The fourth-order valence-corrected chi connectivity index (χ4v) is 2.49. The molecule has 128 valence electrons. The van der Waals surface area contributed by atoms with Crippen molar-refractivity contribution in [1.29, 1.82) is 0 Å². The number of aryl methyl sites for hydroxylation is 1. The molecule has 0 atom stereocenters. The van der Waals surface area contributed by atoms with Crippen molar-refractivity contribution in [3.8, 4) is 17.3 Å². The van der Waals surface area contributed by atoms with Gasteiger partial charge >= 0.3 is 0 Å². The Morgan fingerprint density at radius 1 is 1.28 bits per heavy atom. The molecule has 2 aromatic heterocycles. The van der Waals surface area contributed by atoms with Gasteiger partial charge in [0.15, 0.2) is 0 Å². The van der Waals surface area contributed by atoms with E-state index in [-0.39, 0.29) is 12.3 Å². The fourth-order valence-electron chi connectivity index (χ4n) is 2.27. The predicted molar refractivity (Wildman–Crippen MR) is 94.8 cm³/mol. The van der Waals surface area contributed by atoms with Gasteiger partial charge in [0.25, 0.3) is 0 Å². The van der Waals surface area contributed by atoms with Crippen molar-refractivity contribution in [3.05, 3.63) is 59.1 Å². The van der Waals surface area contributed by atoms with Crippen molar-refractivity contribution >= 4 is 23.2 Å². The summed E-state index contributed by atoms with van der Waals surface area (Å²) in [6.07, 6.45) is 1.62. The highest BCUT2D eigenvalue weighted by Gasteiger charge is 2.16. The van der Waals surface area contributed by atoms with E-state index in [0.29, 0.717) is 39.5 Å². The minimum atomic E-state index is -0.214. The highest BCUT2D eigenvalue weighted by atomic mass is 35.5. The van der Waals surface area contributed by atoms with Crippen LogP contribution in [0.2, 0.25) is 5.02 Å². The number of nitrogens with zero attached hydrogens (tertiary/aromatic N) is 2. The zero-order valence-corrected chi connectivity index (χ0v) is 14.5. The molecule has 1 amide bonds. The number of amides is 1. The van der Waals surface area contributed by atoms with Gasteiger partial charge in [0.05, 0.1) is 41.7 Å². The summed E-state index contributed by atoms with van der Waals surface area (Å²) in [5, 5.41) is 3.31. The molecule has 7 heteroatoms. The van der Waals surface area contributed by atoms with E-state index in [1.165, 1.54) is 13.3 Å². The van der Waals surface area contributed by atoms with Gasteiger partial charge in [-0.1, -0.05) is 23.7 Å². The molecule has 0 aliphatic heterocycles. The minimum absolute atomic E-state index is 0.0891. The summed E-state index contributed by atoms with van der Waals surface area (Å²) >= 11 is 6.16. The fraction of sp³-hybridized carbons (Fsp3) is 0.167. The van der Waals surface area contributed by atoms with Crippen LogP contribution in [0.1, 0.15) is 11.5 Å². The zero-order chi connectivity index (χ0) is 17.8. The Morgan fingerprint density at radius 3 is 2.76 bits per heavy atom. The SMILES string of the molecule is COc1ccc(NC(=O)Cc2nc(-c3ccccc3Cl)oc2C)cn1. The third-order valence-electron chi connectivity index (χ3n) is 3.55. The number of anilines is 1. The number of halogens is 1. The number of aromatic nitrogens is 2. The molecule has 6 nitrogen and oxygen atoms in total. The van der Waals surface area contributed by atoms with E-state index in [2.05, 4.69) is 15.3 Å². The van der Waals surface area contributed by atoms with Gasteiger partial charge in [0, 0.05) is 6.07 Å². The molecule has 0 fully saturated rings. The van der Waals surface area contributed by atoms with E-state index in [9.17, 15) is 4.79 Å². The van der Waals surface area contributed by atoms with E-state index in [0.717, 1.165) is 0 Å². The van der Waals surface area contributed by atoms with Crippen molar-refractivity contribution < 1.29 is 13.9 Å². The van der Waals surface area contributed by atoms with E-state index in [1.54, 1.807) is 25.1 Å². The molecule has 25 heavy (non-hydrogen) atoms. The molecule has 1 aromatic carbocycles. The highest BCUT2D eigenvalue weighted by Crippen LogP contribution is 2.28. The van der Waals surface area contributed by atoms with Crippen LogP contribution >= 0.6 is 11.6 Å². The summed E-state index contributed by atoms with van der Waals surface area (Å²) in [6, 6.07) is 10.7. The second-order valence-electron chi connectivity index (χ2n) is 5.32. The number of pyridine rings is 1. The molecule has 0 bridgehead atoms. The number of carbonyl (C=O) groups excluding carboxylic acids is 1. The Bertz CT molecular complexity index is 891. The molecule has 0 aliphatic carbocycles. The lowest BCUT2D eigenvalue weighted by Gasteiger charge is -2.04. The number of hydrogen-bond acceptors (Lipinski definition) is 5. The van der Waals surface area contributed by atoms with Crippen LogP contribution in [0.4, 0.5) is 5.69 Å². The highest BCUT2D eigenvalue weighted by molar-refractivity contribution is 6.33. The Morgan fingerprint density at radius 2 is 2.08 bits per heavy atom. The smallest absolute Gasteiger partial charge is 0.230 e. The number of nitrogens with one attached hydrogen (secondary N) is 1. The maximum atomic E-state index is 12.2. The van der Waals surface area contributed by atoms with Crippen molar-refractivity contribution in [2.45, 2.75) is 13.3 Å². The monoisotopic (exact) mass is 357 g/mol. The van der Waals surface area contributed by atoms with Crippen molar-refractivity contribution in [2.75, 3.05) is 12.4 Å². The van der Waals surface area contributed by atoms with Gasteiger partial charge in [0.1, 0.15) is 5.76 Å². The molecule has 0 radical (unpaired) electrons. The maximum absolute atomic E-state index is 12.2. The molecular weight excluding hydrogens is 342 g/mol. The summed E-state index contributed by atoms with van der Waals surface area (Å²) in [7, 11) is 1.53. The van der Waals surface area contributed by atoms with Gasteiger partial charge in [-0.05, 0) is 25.1 Å². The van der Waals surface area contributed by atoms with Gasteiger partial charge in [-0.3, -0.25) is 4.79 Å². The second-order valence-corrected chi connectivity index (χ2v) is 5.72. The number of oxazole rings is 1. The van der Waals surface area contributed by atoms with Crippen LogP contribution in [0.15, 0.2) is 47.0 Å². The molecule has 1 N–H and O–H groups in total. The molecule has 0 saturated carbocycles. The lowest BCUT2D eigenvalue weighted by Crippen LogP contribution is -2.15. The molecule has 0 saturated heterocycles. The summed E-state index contributed by atoms with van der Waals surface area (Å²) in [6.45, 7) is 1.77. The number of rotatable bonds is 5. The van der Waals surface area contributed by atoms with Crippen molar-refractivity contribution in [3.63, 3.8) is 0 Å². The quantitative estimate of drug-likeness (QED) is 0.749. The van der Waals surface area contributed by atoms with Gasteiger partial charge in [-0.15, -0.1) is 0 Å². The first-order valence-electron chi connectivity index (χ1n) is 7.58. The Kier molecular flexibility index (Phi) is 5.00. The van der Waals surface area contributed by atoms with Crippen molar-refractivity contribution in [2.24, 2.45) is 0 Å². The van der Waals surface area contributed by atoms with E-state index in [1.807, 2.05) is 18.2 Å². The zero-order valence-electron chi connectivity index (χ0n) is 13.7. The van der Waals surface area contributed by atoms with Crippen molar-refractivity contribution in [1.82, 2.24) is 9.97 Å².